The van der Waals surface area contributed by atoms with Crippen molar-refractivity contribution in [3.8, 4) is 0 Å². The third kappa shape index (κ3) is 8.47. The molecule has 9 heterocycles. The number of hydrogen-bond donors (Lipinski definition) is 0. The Morgan fingerprint density at radius 1 is 0.344 bits per heavy atom. The number of aliphatic imine (C=N–C) groups is 3. The molecule has 0 bridgehead atoms. The Balaban J connectivity index is 0.000000121. The molecule has 305 valence electrons. The van der Waals surface area contributed by atoms with Gasteiger partial charge in [-0.05, 0) is 106 Å². The van der Waals surface area contributed by atoms with Crippen LogP contribution in [0.15, 0.2) is 233 Å². The molecule has 9 aromatic rings. The molecule has 3 aromatic carbocycles. The summed E-state index contributed by atoms with van der Waals surface area (Å²) in [4.78, 5) is 40.0. The van der Waals surface area contributed by atoms with Gasteiger partial charge in [-0.3, -0.25) is 29.9 Å². The van der Waals surface area contributed by atoms with Gasteiger partial charge in [0.2, 0.25) is 0 Å². The summed E-state index contributed by atoms with van der Waals surface area (Å²) in [7, 11) is 0. The second kappa shape index (κ2) is 19.2. The zero-order valence-corrected chi connectivity index (χ0v) is 35.3. The Kier molecular flexibility index (Phi) is 12.3. The summed E-state index contributed by atoms with van der Waals surface area (Å²) in [5, 5.41) is 3.34. The Labute approximate surface area is 380 Å². The van der Waals surface area contributed by atoms with E-state index in [4.69, 9.17) is 0 Å². The van der Waals surface area contributed by atoms with Crippen LogP contribution in [0.4, 0.5) is 0 Å². The Morgan fingerprint density at radius 3 is 0.922 bits per heavy atom. The summed E-state index contributed by atoms with van der Waals surface area (Å²) in [5.41, 5.74) is 15.0. The topological polar surface area (TPSA) is 118 Å². The second-order valence-electron chi connectivity index (χ2n) is 14.4. The molecule has 1 radical (unpaired) electrons. The van der Waals surface area contributed by atoms with E-state index in [9.17, 15) is 0 Å². The number of nitrogens with zero attached hydrogens (tertiary/aromatic N) is 9. The van der Waals surface area contributed by atoms with E-state index in [1.807, 2.05) is 201 Å². The third-order valence-electron chi connectivity index (χ3n) is 10.6. The van der Waals surface area contributed by atoms with Crippen molar-refractivity contribution < 1.29 is 17.1 Å². The van der Waals surface area contributed by atoms with Gasteiger partial charge in [0.25, 0.3) is 0 Å². The third-order valence-corrected chi connectivity index (χ3v) is 10.6. The van der Waals surface area contributed by atoms with Crippen LogP contribution >= 0.6 is 0 Å². The quantitative estimate of drug-likeness (QED) is 0.154. The van der Waals surface area contributed by atoms with Gasteiger partial charge in [-0.15, -0.1) is 17.1 Å². The summed E-state index contributed by atoms with van der Waals surface area (Å²) in [6, 6.07) is 42.4. The van der Waals surface area contributed by atoms with Crippen molar-refractivity contribution >= 4 is 68.1 Å². The number of hydrogen-bond acceptors (Lipinski definition) is 6. The summed E-state index contributed by atoms with van der Waals surface area (Å²) in [6.45, 7) is 0. The van der Waals surface area contributed by atoms with Gasteiger partial charge in [0.15, 0.2) is 0 Å². The number of pyridine rings is 3. The van der Waals surface area contributed by atoms with E-state index in [2.05, 4.69) is 63.1 Å². The number of fused-ring (bicyclic) bond motifs is 3. The molecule has 10 heteroatoms. The molecule has 0 fully saturated rings. The molecule has 6 aromatic heterocycles. The van der Waals surface area contributed by atoms with Crippen LogP contribution in [-0.4, -0.2) is 33.6 Å². The maximum absolute atomic E-state index is 4.46. The maximum Gasteiger partial charge on any atom is 3.00 e. The predicted octanol–water partition coefficient (Wildman–Crippen LogP) is 10.8. The first-order valence-electron chi connectivity index (χ1n) is 20.4. The number of aromatic nitrogens is 6. The number of para-hydroxylation sites is 3. The first-order valence-corrected chi connectivity index (χ1v) is 20.4. The van der Waals surface area contributed by atoms with Crippen molar-refractivity contribution in [2.24, 2.45) is 15.0 Å². The second-order valence-corrected chi connectivity index (χ2v) is 14.4. The molecule has 0 aliphatic carbocycles. The molecule has 0 unspecified atom stereocenters. The average molecular weight is 867 g/mol. The van der Waals surface area contributed by atoms with E-state index in [1.165, 1.54) is 0 Å². The van der Waals surface area contributed by atoms with E-state index in [1.54, 1.807) is 0 Å². The fourth-order valence-corrected chi connectivity index (χ4v) is 7.85. The smallest absolute Gasteiger partial charge is 0.664 e. The van der Waals surface area contributed by atoms with Crippen molar-refractivity contribution in [3.05, 3.63) is 252 Å². The molecule has 64 heavy (non-hydrogen) atoms. The molecule has 0 atom stereocenters. The van der Waals surface area contributed by atoms with Crippen LogP contribution < -0.4 is 15.0 Å². The molecule has 9 nitrogen and oxygen atoms in total. The van der Waals surface area contributed by atoms with Gasteiger partial charge in [0.05, 0.1) is 33.6 Å². The van der Waals surface area contributed by atoms with Crippen molar-refractivity contribution in [3.63, 3.8) is 0 Å². The standard InChI is InChI=1S/3C18H12N3.Fe/c3*1-2-6-15-13(5-1)14(9-12-21-15)18(16-7-3-10-19-16)17-8-4-11-20-17;/h3*1-12H;/q3*-1;+3/b3*18-16-;. The van der Waals surface area contributed by atoms with E-state index >= 15 is 0 Å². The maximum atomic E-state index is 4.46. The van der Waals surface area contributed by atoms with Crippen molar-refractivity contribution in [2.75, 3.05) is 0 Å². The molecule has 0 saturated heterocycles. The average Bonchev–Trinajstić information content (AvgIpc) is 4.20. The summed E-state index contributed by atoms with van der Waals surface area (Å²) < 4.78 is 0. The minimum Gasteiger partial charge on any atom is -0.664 e. The van der Waals surface area contributed by atoms with Crippen molar-refractivity contribution in [1.82, 2.24) is 29.9 Å². The minimum absolute atomic E-state index is 0. The van der Waals surface area contributed by atoms with E-state index in [0.29, 0.717) is 0 Å². The van der Waals surface area contributed by atoms with Gasteiger partial charge in [0, 0.05) is 53.4 Å². The first kappa shape index (κ1) is 41.1. The number of allylic oxidation sites excluding steroid dienone is 6. The van der Waals surface area contributed by atoms with Crippen molar-refractivity contribution in [1.29, 1.82) is 0 Å². The zero-order valence-electron chi connectivity index (χ0n) is 34.2. The van der Waals surface area contributed by atoms with Gasteiger partial charge >= 0.3 is 17.1 Å². The zero-order chi connectivity index (χ0) is 42.2. The molecule has 3 aliphatic rings. The van der Waals surface area contributed by atoms with Crippen LogP contribution in [0.1, 0.15) is 33.8 Å². The SMILES string of the molecule is C1=C/C(=C(/c2ccc[n-]2)c2ccnc3ccccc23)N=C1.C1=C/C(=C(/c2ccc[n-]2)c2ccnc3ccccc23)N=C1.C1=C/C(=C(/c2ccc[n-]2)c2ccnc3ccccc23)N=C1.[Fe+3]. The summed E-state index contributed by atoms with van der Waals surface area (Å²) in [6.07, 6.45) is 28.2. The van der Waals surface area contributed by atoms with Crippen LogP contribution in [0.25, 0.3) is 49.4 Å². The first-order chi connectivity index (χ1) is 31.3. The Hall–Kier alpha value is -8.30. The molecule has 12 rings (SSSR count). The summed E-state index contributed by atoms with van der Waals surface area (Å²) in [5.74, 6) is 0. The van der Waals surface area contributed by atoms with Crippen LogP contribution in [0, 0.1) is 0 Å². The fraction of sp³-hybridized carbons (Fsp3) is 0. The van der Waals surface area contributed by atoms with Gasteiger partial charge in [-0.25, -0.2) is 0 Å². The summed E-state index contributed by atoms with van der Waals surface area (Å²) >= 11 is 0. The number of benzene rings is 3. The van der Waals surface area contributed by atoms with Gasteiger partial charge in [-0.1, -0.05) is 91.0 Å². The number of rotatable bonds is 6. The minimum atomic E-state index is 0. The Morgan fingerprint density at radius 2 is 0.656 bits per heavy atom. The molecule has 0 saturated carbocycles. The van der Waals surface area contributed by atoms with Crippen LogP contribution in [0.5, 0.6) is 0 Å². The van der Waals surface area contributed by atoms with E-state index in [0.717, 1.165) is 100 Å². The van der Waals surface area contributed by atoms with Crippen LogP contribution in [-0.2, 0) is 17.1 Å². The molecular weight excluding hydrogens is 831 g/mol. The normalized spacial score (nSPS) is 15.6. The van der Waals surface area contributed by atoms with Gasteiger partial charge in [-0.2, -0.15) is 18.6 Å². The predicted molar refractivity (Wildman–Crippen MR) is 255 cm³/mol. The van der Waals surface area contributed by atoms with Gasteiger partial charge < -0.3 is 15.0 Å². The van der Waals surface area contributed by atoms with Gasteiger partial charge in [0.1, 0.15) is 0 Å². The largest absolute Gasteiger partial charge is 3.00 e. The monoisotopic (exact) mass is 866 g/mol. The Bertz CT molecular complexity index is 2960. The van der Waals surface area contributed by atoms with Crippen LogP contribution in [0.3, 0.4) is 0 Å². The van der Waals surface area contributed by atoms with Crippen molar-refractivity contribution in [2.45, 2.75) is 0 Å². The molecule has 0 amide bonds. The molecular formula is C54H36FeN9. The molecule has 0 N–H and O–H groups in total. The molecule has 0 spiro atoms. The van der Waals surface area contributed by atoms with E-state index < -0.39 is 0 Å². The fourth-order valence-electron chi connectivity index (χ4n) is 7.85. The van der Waals surface area contributed by atoms with Crippen LogP contribution in [0.2, 0.25) is 0 Å². The van der Waals surface area contributed by atoms with E-state index in [-0.39, 0.29) is 17.1 Å². The molecule has 3 aliphatic heterocycles.